The maximum absolute atomic E-state index is 12.7. The van der Waals surface area contributed by atoms with Gasteiger partial charge in [0.15, 0.2) is 11.4 Å². The predicted octanol–water partition coefficient (Wildman–Crippen LogP) is 2.86. The highest BCUT2D eigenvalue weighted by atomic mass is 32.2. The molecule has 1 aromatic carbocycles. The number of ether oxygens (including phenoxy) is 1. The SMILES string of the molecule is CCn1ncc(OC)c1C(=O)c1ccccc1SC. The molecule has 0 amide bonds. The third-order valence-corrected chi connectivity index (χ3v) is 3.69. The number of hydrogen-bond acceptors (Lipinski definition) is 4. The van der Waals surface area contributed by atoms with Crippen LogP contribution in [0.1, 0.15) is 23.0 Å². The van der Waals surface area contributed by atoms with Crippen molar-refractivity contribution in [1.82, 2.24) is 9.78 Å². The van der Waals surface area contributed by atoms with Crippen LogP contribution in [0.3, 0.4) is 0 Å². The van der Waals surface area contributed by atoms with Gasteiger partial charge >= 0.3 is 0 Å². The Bertz CT molecular complexity index is 571. The smallest absolute Gasteiger partial charge is 0.215 e. The first-order chi connectivity index (χ1) is 9.22. The van der Waals surface area contributed by atoms with Crippen LogP contribution in [0, 0.1) is 0 Å². The number of ketones is 1. The molecule has 4 nitrogen and oxygen atoms in total. The van der Waals surface area contributed by atoms with Crippen LogP contribution < -0.4 is 4.74 Å². The lowest BCUT2D eigenvalue weighted by Crippen LogP contribution is -2.12. The Morgan fingerprint density at radius 1 is 1.42 bits per heavy atom. The molecule has 1 heterocycles. The second-order valence-electron chi connectivity index (χ2n) is 3.91. The van der Waals surface area contributed by atoms with Crippen LogP contribution in [-0.4, -0.2) is 28.9 Å². The van der Waals surface area contributed by atoms with E-state index in [1.165, 1.54) is 0 Å². The van der Waals surface area contributed by atoms with Gasteiger partial charge in [-0.25, -0.2) is 0 Å². The molecule has 0 spiro atoms. The van der Waals surface area contributed by atoms with Gasteiger partial charge in [0.1, 0.15) is 0 Å². The Kier molecular flexibility index (Phi) is 4.27. The van der Waals surface area contributed by atoms with E-state index >= 15 is 0 Å². The first-order valence-electron chi connectivity index (χ1n) is 6.00. The molecule has 0 aliphatic carbocycles. The topological polar surface area (TPSA) is 44.1 Å². The number of carbonyl (C=O) groups excluding carboxylic acids is 1. The van der Waals surface area contributed by atoms with E-state index in [2.05, 4.69) is 5.10 Å². The Hall–Kier alpha value is -1.75. The summed E-state index contributed by atoms with van der Waals surface area (Å²) >= 11 is 1.56. The Labute approximate surface area is 116 Å². The van der Waals surface area contributed by atoms with E-state index in [-0.39, 0.29) is 5.78 Å². The van der Waals surface area contributed by atoms with E-state index in [0.717, 1.165) is 4.90 Å². The number of rotatable bonds is 5. The zero-order chi connectivity index (χ0) is 13.8. The number of thioether (sulfide) groups is 1. The number of methoxy groups -OCH3 is 1. The average molecular weight is 276 g/mol. The second-order valence-corrected chi connectivity index (χ2v) is 4.75. The largest absolute Gasteiger partial charge is 0.493 e. The quantitative estimate of drug-likeness (QED) is 0.622. The van der Waals surface area contributed by atoms with Gasteiger partial charge < -0.3 is 4.74 Å². The highest BCUT2D eigenvalue weighted by Gasteiger charge is 2.22. The molecule has 0 N–H and O–H groups in total. The zero-order valence-corrected chi connectivity index (χ0v) is 12.0. The Morgan fingerprint density at radius 3 is 2.79 bits per heavy atom. The van der Waals surface area contributed by atoms with Gasteiger partial charge in [-0.05, 0) is 25.3 Å². The lowest BCUT2D eigenvalue weighted by atomic mass is 10.1. The summed E-state index contributed by atoms with van der Waals surface area (Å²) in [7, 11) is 1.55. The minimum absolute atomic E-state index is 0.0545. The fourth-order valence-corrected chi connectivity index (χ4v) is 2.54. The number of aryl methyl sites for hydroxylation is 1. The van der Waals surface area contributed by atoms with Crippen molar-refractivity contribution in [3.8, 4) is 5.75 Å². The summed E-state index contributed by atoms with van der Waals surface area (Å²) in [6, 6.07) is 7.57. The number of nitrogens with zero attached hydrogens (tertiary/aromatic N) is 2. The Balaban J connectivity index is 2.52. The van der Waals surface area contributed by atoms with Gasteiger partial charge in [-0.2, -0.15) is 5.10 Å². The van der Waals surface area contributed by atoms with Gasteiger partial charge in [0, 0.05) is 17.0 Å². The average Bonchev–Trinajstić information content (AvgIpc) is 2.89. The van der Waals surface area contributed by atoms with Gasteiger partial charge in [-0.15, -0.1) is 11.8 Å². The van der Waals surface area contributed by atoms with Crippen molar-refractivity contribution >= 4 is 17.5 Å². The standard InChI is InChI=1S/C14H16N2O2S/c1-4-16-13(11(18-2)9-15-16)14(17)10-7-5-6-8-12(10)19-3/h5-9H,4H2,1-3H3. The number of carbonyl (C=O) groups is 1. The molecule has 0 saturated heterocycles. The summed E-state index contributed by atoms with van der Waals surface area (Å²) in [6.07, 6.45) is 3.54. The lowest BCUT2D eigenvalue weighted by molar-refractivity contribution is 0.102. The first kappa shape index (κ1) is 13.7. The van der Waals surface area contributed by atoms with E-state index in [1.54, 1.807) is 29.8 Å². The number of hydrogen-bond donors (Lipinski definition) is 0. The van der Waals surface area contributed by atoms with E-state index in [1.807, 2.05) is 37.4 Å². The summed E-state index contributed by atoms with van der Waals surface area (Å²) in [4.78, 5) is 13.6. The molecule has 19 heavy (non-hydrogen) atoms. The number of benzene rings is 1. The highest BCUT2D eigenvalue weighted by Crippen LogP contribution is 2.26. The van der Waals surface area contributed by atoms with Crippen molar-refractivity contribution in [1.29, 1.82) is 0 Å². The van der Waals surface area contributed by atoms with E-state index < -0.39 is 0 Å². The van der Waals surface area contributed by atoms with Gasteiger partial charge in [-0.1, -0.05) is 12.1 Å². The molecule has 2 aromatic rings. The molecule has 0 unspecified atom stereocenters. The van der Waals surface area contributed by atoms with Crippen LogP contribution in [-0.2, 0) is 6.54 Å². The van der Waals surface area contributed by atoms with Crippen LogP contribution in [0.4, 0.5) is 0 Å². The lowest BCUT2D eigenvalue weighted by Gasteiger charge is -2.09. The zero-order valence-electron chi connectivity index (χ0n) is 11.2. The van der Waals surface area contributed by atoms with Crippen molar-refractivity contribution < 1.29 is 9.53 Å². The number of aromatic nitrogens is 2. The first-order valence-corrected chi connectivity index (χ1v) is 7.22. The van der Waals surface area contributed by atoms with Crippen molar-refractivity contribution in [3.05, 3.63) is 41.7 Å². The van der Waals surface area contributed by atoms with Crippen LogP contribution >= 0.6 is 11.8 Å². The fraction of sp³-hybridized carbons (Fsp3) is 0.286. The second kappa shape index (κ2) is 5.93. The summed E-state index contributed by atoms with van der Waals surface area (Å²) in [5.41, 5.74) is 1.19. The molecule has 100 valence electrons. The van der Waals surface area contributed by atoms with E-state index in [0.29, 0.717) is 23.6 Å². The monoisotopic (exact) mass is 276 g/mol. The highest BCUT2D eigenvalue weighted by molar-refractivity contribution is 7.98. The Morgan fingerprint density at radius 2 is 2.16 bits per heavy atom. The van der Waals surface area contributed by atoms with Crippen molar-refractivity contribution in [2.75, 3.05) is 13.4 Å². The molecule has 0 fully saturated rings. The fourth-order valence-electron chi connectivity index (χ4n) is 1.95. The maximum Gasteiger partial charge on any atom is 0.215 e. The summed E-state index contributed by atoms with van der Waals surface area (Å²) in [5, 5.41) is 4.17. The molecular formula is C14H16N2O2S. The van der Waals surface area contributed by atoms with E-state index in [4.69, 9.17) is 4.74 Å². The van der Waals surface area contributed by atoms with Crippen molar-refractivity contribution in [2.45, 2.75) is 18.4 Å². The predicted molar refractivity (Wildman–Crippen MR) is 76.1 cm³/mol. The van der Waals surface area contributed by atoms with Crippen molar-refractivity contribution in [3.63, 3.8) is 0 Å². The molecule has 0 atom stereocenters. The third kappa shape index (κ3) is 2.51. The summed E-state index contributed by atoms with van der Waals surface area (Å²) < 4.78 is 6.90. The minimum atomic E-state index is -0.0545. The molecule has 0 bridgehead atoms. The molecular weight excluding hydrogens is 260 g/mol. The molecule has 0 saturated carbocycles. The van der Waals surface area contributed by atoms with Crippen LogP contribution in [0.15, 0.2) is 35.4 Å². The molecule has 0 aliphatic heterocycles. The summed E-state index contributed by atoms with van der Waals surface area (Å²) in [5.74, 6) is 0.462. The minimum Gasteiger partial charge on any atom is -0.493 e. The van der Waals surface area contributed by atoms with Gasteiger partial charge in [0.25, 0.3) is 0 Å². The summed E-state index contributed by atoms with van der Waals surface area (Å²) in [6.45, 7) is 2.58. The molecule has 0 radical (unpaired) electrons. The van der Waals surface area contributed by atoms with Gasteiger partial charge in [0.2, 0.25) is 5.78 Å². The van der Waals surface area contributed by atoms with Crippen LogP contribution in [0.5, 0.6) is 5.75 Å². The van der Waals surface area contributed by atoms with Crippen LogP contribution in [0.2, 0.25) is 0 Å². The van der Waals surface area contributed by atoms with Crippen LogP contribution in [0.25, 0.3) is 0 Å². The normalized spacial score (nSPS) is 10.5. The molecule has 5 heteroatoms. The molecule has 1 aromatic heterocycles. The third-order valence-electron chi connectivity index (χ3n) is 2.89. The van der Waals surface area contributed by atoms with Gasteiger partial charge in [-0.3, -0.25) is 9.48 Å². The van der Waals surface area contributed by atoms with E-state index in [9.17, 15) is 4.79 Å². The van der Waals surface area contributed by atoms with Crippen molar-refractivity contribution in [2.24, 2.45) is 0 Å². The molecule has 2 rings (SSSR count). The maximum atomic E-state index is 12.7. The molecule has 0 aliphatic rings. The van der Waals surface area contributed by atoms with Gasteiger partial charge in [0.05, 0.1) is 13.3 Å².